The van der Waals surface area contributed by atoms with Crippen molar-refractivity contribution in [3.05, 3.63) is 23.3 Å². The van der Waals surface area contributed by atoms with E-state index in [1.54, 1.807) is 6.07 Å². The molecule has 6 rings (SSSR count). The van der Waals surface area contributed by atoms with Crippen LogP contribution in [0.15, 0.2) is 12.1 Å². The van der Waals surface area contributed by atoms with Crippen molar-refractivity contribution in [3.8, 4) is 11.5 Å². The lowest BCUT2D eigenvalue weighted by Crippen LogP contribution is -2.76. The van der Waals surface area contributed by atoms with Crippen LogP contribution in [0.25, 0.3) is 0 Å². The molecule has 0 aromatic heterocycles. The third-order valence-electron chi connectivity index (χ3n) is 8.30. The van der Waals surface area contributed by atoms with Crippen LogP contribution in [0.2, 0.25) is 0 Å². The molecular weight excluding hydrogens is 451 g/mol. The van der Waals surface area contributed by atoms with E-state index in [0.29, 0.717) is 11.1 Å². The largest absolute Gasteiger partial charge is 0.479 e. The number of Topliss-reactive ketones (excluding diaryl/α,β-unsaturated/α-hetero) is 1. The first-order valence-corrected chi connectivity index (χ1v) is 11.3. The Morgan fingerprint density at radius 3 is 2.76 bits per heavy atom. The van der Waals surface area contributed by atoms with Crippen molar-refractivity contribution in [2.24, 2.45) is 0 Å². The SMILES string of the molecule is [2H][13C]([2H])([2H])N1CC[C@]23c4c5ccc(O[C@@H]6O[C@H](C(=O)O)[C@@H](O)[C@H](O)[C@H]6O)c4O[C@H]2C(=O)CC[C@@]3(O)[C@H]1C5. The summed E-state index contributed by atoms with van der Waals surface area (Å²) >= 11 is 0. The fourth-order valence-corrected chi connectivity index (χ4v) is 6.68. The zero-order valence-corrected chi connectivity index (χ0v) is 18.0. The number of piperidine rings is 1. The molecule has 2 saturated heterocycles. The smallest absolute Gasteiger partial charge is 0.335 e. The van der Waals surface area contributed by atoms with Gasteiger partial charge >= 0.3 is 5.97 Å². The predicted octanol–water partition coefficient (Wildman–Crippen LogP) is -1.69. The van der Waals surface area contributed by atoms with Crippen molar-refractivity contribution in [2.45, 2.75) is 79.6 Å². The molecule has 11 heteroatoms. The second kappa shape index (κ2) is 7.12. The number of ketones is 1. The van der Waals surface area contributed by atoms with E-state index in [9.17, 15) is 35.1 Å². The van der Waals surface area contributed by atoms with Crippen LogP contribution < -0.4 is 9.47 Å². The van der Waals surface area contributed by atoms with Gasteiger partial charge in [-0.3, -0.25) is 4.79 Å². The van der Waals surface area contributed by atoms with Crippen LogP contribution in [0.3, 0.4) is 0 Å². The van der Waals surface area contributed by atoms with Gasteiger partial charge in [0, 0.05) is 22.1 Å². The summed E-state index contributed by atoms with van der Waals surface area (Å²) in [6.45, 7) is -2.34. The molecule has 0 unspecified atom stereocenters. The highest BCUT2D eigenvalue weighted by Crippen LogP contribution is 2.64. The van der Waals surface area contributed by atoms with Crippen molar-refractivity contribution < 1.29 is 53.4 Å². The summed E-state index contributed by atoms with van der Waals surface area (Å²) in [6, 6.07) is 2.36. The minimum atomic E-state index is -2.44. The van der Waals surface area contributed by atoms with Crippen molar-refractivity contribution in [2.75, 3.05) is 13.5 Å². The lowest BCUT2D eigenvalue weighted by atomic mass is 9.49. The first-order chi connectivity index (χ1) is 17.3. The Balaban J connectivity index is 1.44. The van der Waals surface area contributed by atoms with Gasteiger partial charge in [-0.1, -0.05) is 6.07 Å². The fourth-order valence-electron chi connectivity index (χ4n) is 6.68. The van der Waals surface area contributed by atoms with Crippen LogP contribution in [0, 0.1) is 0 Å². The van der Waals surface area contributed by atoms with Gasteiger partial charge < -0.3 is 44.6 Å². The molecule has 5 N–H and O–H groups in total. The average Bonchev–Trinajstić information content (AvgIpc) is 3.17. The Morgan fingerprint density at radius 2 is 2.03 bits per heavy atom. The molecule has 184 valence electrons. The molecule has 2 bridgehead atoms. The Morgan fingerprint density at radius 1 is 1.24 bits per heavy atom. The molecule has 11 nitrogen and oxygen atoms in total. The third-order valence-corrected chi connectivity index (χ3v) is 8.30. The highest BCUT2D eigenvalue weighted by Gasteiger charge is 2.73. The number of benzene rings is 1. The van der Waals surface area contributed by atoms with Gasteiger partial charge in [-0.2, -0.15) is 0 Å². The maximum atomic E-state index is 13.1. The fraction of sp³-hybridized carbons (Fsp3) is 0.652. The average molecular weight is 481 g/mol. The Kier molecular flexibility index (Phi) is 3.98. The number of carbonyl (C=O) groups is 2. The van der Waals surface area contributed by atoms with Crippen molar-refractivity contribution in [3.63, 3.8) is 0 Å². The van der Waals surface area contributed by atoms with Gasteiger partial charge in [0.05, 0.1) is 11.0 Å². The van der Waals surface area contributed by atoms with Crippen molar-refractivity contribution >= 4 is 11.8 Å². The second-order valence-electron chi connectivity index (χ2n) is 9.80. The lowest BCUT2D eigenvalue weighted by Gasteiger charge is -2.62. The highest BCUT2D eigenvalue weighted by molar-refractivity contribution is 5.90. The van der Waals surface area contributed by atoms with Crippen molar-refractivity contribution in [1.82, 2.24) is 4.90 Å². The van der Waals surface area contributed by atoms with Gasteiger partial charge in [0.25, 0.3) is 0 Å². The number of carboxylic acids is 1. The molecule has 1 saturated carbocycles. The number of likely N-dealkylation sites (N-methyl/N-ethyl adjacent to an activating group) is 1. The quantitative estimate of drug-likeness (QED) is 0.313. The molecule has 1 aromatic carbocycles. The monoisotopic (exact) mass is 481 g/mol. The van der Waals surface area contributed by atoms with E-state index < -0.39 is 66.8 Å². The number of carboxylic acid groups (broad SMARTS) is 1. The van der Waals surface area contributed by atoms with E-state index >= 15 is 0 Å². The van der Waals surface area contributed by atoms with Gasteiger partial charge in [0.15, 0.2) is 29.5 Å². The maximum Gasteiger partial charge on any atom is 0.335 e. The van der Waals surface area contributed by atoms with Crippen LogP contribution in [0.4, 0.5) is 0 Å². The van der Waals surface area contributed by atoms with Gasteiger partial charge in [0.2, 0.25) is 6.29 Å². The standard InChI is InChI=1S/C23H27NO10/c1-24-7-6-22-13-9-2-3-11(32-21-16(28)14(26)15(27)18(34-21)20(29)30)17(13)33-19(22)10(25)4-5-23(22,31)12(24)8-9/h2-3,12,14-16,18-19,21,26-28,31H,4-8H2,1H3,(H,29,30)/t12-,14+,15+,16-,18+,19+,21-,22+,23-/m1/s1/i1+1D3. The number of nitrogens with zero attached hydrogens (tertiary/aromatic N) is 1. The molecule has 9 atom stereocenters. The Hall–Kier alpha value is -2.28. The maximum absolute atomic E-state index is 13.1. The molecule has 34 heavy (non-hydrogen) atoms. The topological polar surface area (TPSA) is 166 Å². The second-order valence-corrected chi connectivity index (χ2v) is 9.80. The number of carbonyl (C=O) groups excluding carboxylic acids is 1. The Labute approximate surface area is 198 Å². The van der Waals surface area contributed by atoms with Crippen molar-refractivity contribution in [1.29, 1.82) is 0 Å². The minimum Gasteiger partial charge on any atom is -0.479 e. The lowest BCUT2D eigenvalue weighted by molar-refractivity contribution is -0.271. The van der Waals surface area contributed by atoms with Gasteiger partial charge in [-0.25, -0.2) is 4.79 Å². The summed E-state index contributed by atoms with van der Waals surface area (Å²) in [5.41, 5.74) is -1.55. The molecule has 0 amide bonds. The number of aliphatic carboxylic acids is 1. The summed E-state index contributed by atoms with van der Waals surface area (Å²) in [5.74, 6) is -1.68. The Bertz CT molecular complexity index is 1180. The number of hydrogen-bond donors (Lipinski definition) is 5. The number of aliphatic hydroxyl groups excluding tert-OH is 3. The number of ether oxygens (including phenoxy) is 3. The molecule has 3 aliphatic heterocycles. The predicted molar refractivity (Wildman–Crippen MR) is 111 cm³/mol. The van der Waals surface area contributed by atoms with E-state index in [0.717, 1.165) is 0 Å². The molecule has 1 aromatic rings. The summed E-state index contributed by atoms with van der Waals surface area (Å²) < 4.78 is 41.2. The van der Waals surface area contributed by atoms with Gasteiger partial charge in [-0.15, -0.1) is 0 Å². The van der Waals surface area contributed by atoms with Crippen LogP contribution >= 0.6 is 0 Å². The highest BCUT2D eigenvalue weighted by atomic mass is 16.7. The van der Waals surface area contributed by atoms with Gasteiger partial charge in [-0.05, 0) is 44.4 Å². The number of rotatable bonds is 3. The molecule has 5 aliphatic rings. The molecular formula is C23H27NO10. The first-order valence-electron chi connectivity index (χ1n) is 12.8. The van der Waals surface area contributed by atoms with Crippen LogP contribution in [0.1, 0.15) is 34.5 Å². The van der Waals surface area contributed by atoms with Gasteiger partial charge in [0.1, 0.15) is 18.3 Å². The molecule has 3 heterocycles. The van der Waals surface area contributed by atoms with E-state index in [2.05, 4.69) is 0 Å². The molecule has 3 fully saturated rings. The third kappa shape index (κ3) is 2.57. The number of hydrogen-bond acceptors (Lipinski definition) is 10. The van der Waals surface area contributed by atoms with Crippen LogP contribution in [-0.4, -0.2) is 104 Å². The van der Waals surface area contributed by atoms with E-state index in [1.807, 2.05) is 0 Å². The molecule has 0 radical (unpaired) electrons. The van der Waals surface area contributed by atoms with Crippen LogP contribution in [-0.2, 0) is 26.2 Å². The summed E-state index contributed by atoms with van der Waals surface area (Å²) in [6.07, 6.45) is -9.80. The summed E-state index contributed by atoms with van der Waals surface area (Å²) in [4.78, 5) is 25.9. The van der Waals surface area contributed by atoms with E-state index in [4.69, 9.17) is 18.3 Å². The normalized spacial score (nSPS) is 46.5. The van der Waals surface area contributed by atoms with E-state index in [-0.39, 0.29) is 49.5 Å². The first kappa shape index (κ1) is 19.0. The van der Waals surface area contributed by atoms with Crippen LogP contribution in [0.5, 0.6) is 11.5 Å². The minimum absolute atomic E-state index is 0.00257. The number of likely N-dealkylation sites (tertiary alicyclic amines) is 1. The summed E-state index contributed by atoms with van der Waals surface area (Å²) in [7, 11) is 0. The number of aliphatic hydroxyl groups is 4. The molecule has 2 aliphatic carbocycles. The summed E-state index contributed by atoms with van der Waals surface area (Å²) in [5, 5.41) is 52.0. The zero-order valence-electron chi connectivity index (χ0n) is 21.0. The zero-order chi connectivity index (χ0) is 26.7. The molecule has 1 spiro atoms. The van der Waals surface area contributed by atoms with E-state index in [1.165, 1.54) is 11.0 Å².